The van der Waals surface area contributed by atoms with E-state index in [4.69, 9.17) is 5.73 Å². The lowest BCUT2D eigenvalue weighted by Gasteiger charge is -2.40. The highest BCUT2D eigenvalue weighted by molar-refractivity contribution is 5.55. The topological polar surface area (TPSA) is 29.3 Å². The summed E-state index contributed by atoms with van der Waals surface area (Å²) in [6, 6.07) is 8.66. The van der Waals surface area contributed by atoms with Gasteiger partial charge in [0.1, 0.15) is 0 Å². The second-order valence-corrected chi connectivity index (χ2v) is 6.04. The monoisotopic (exact) mass is 232 g/mol. The molecule has 2 heteroatoms. The van der Waals surface area contributed by atoms with Gasteiger partial charge < -0.3 is 10.6 Å². The number of nitrogens with zero attached hydrogens (tertiary/aromatic N) is 1. The fraction of sp³-hybridized carbons (Fsp3) is 0.600. The number of nitrogens with two attached hydrogens (primary N) is 1. The fourth-order valence-electron chi connectivity index (χ4n) is 2.79. The van der Waals surface area contributed by atoms with Crippen LogP contribution in [-0.2, 0) is 0 Å². The lowest BCUT2D eigenvalue weighted by atomic mass is 9.83. The third kappa shape index (κ3) is 2.81. The SMILES string of the molecule is C[C@H](N)c1ccccc1N1CCCC(C)(C)C1. The fourth-order valence-corrected chi connectivity index (χ4v) is 2.79. The third-order valence-electron chi connectivity index (χ3n) is 3.67. The van der Waals surface area contributed by atoms with Crippen LogP contribution in [0.5, 0.6) is 0 Å². The summed E-state index contributed by atoms with van der Waals surface area (Å²) in [5.74, 6) is 0. The Hall–Kier alpha value is -1.02. The van der Waals surface area contributed by atoms with Crippen molar-refractivity contribution >= 4 is 5.69 Å². The second kappa shape index (κ2) is 4.69. The normalized spacial score (nSPS) is 21.3. The molecule has 1 aliphatic heterocycles. The van der Waals surface area contributed by atoms with Crippen molar-refractivity contribution in [3.05, 3.63) is 29.8 Å². The molecule has 94 valence electrons. The van der Waals surface area contributed by atoms with Gasteiger partial charge in [-0.3, -0.25) is 0 Å². The van der Waals surface area contributed by atoms with E-state index < -0.39 is 0 Å². The Morgan fingerprint density at radius 2 is 2.00 bits per heavy atom. The Kier molecular flexibility index (Phi) is 3.43. The molecule has 1 heterocycles. The van der Waals surface area contributed by atoms with Gasteiger partial charge >= 0.3 is 0 Å². The van der Waals surface area contributed by atoms with E-state index in [-0.39, 0.29) is 6.04 Å². The minimum Gasteiger partial charge on any atom is -0.371 e. The summed E-state index contributed by atoms with van der Waals surface area (Å²) >= 11 is 0. The first-order valence-corrected chi connectivity index (χ1v) is 6.59. The number of rotatable bonds is 2. The van der Waals surface area contributed by atoms with Crippen molar-refractivity contribution in [3.8, 4) is 0 Å². The molecule has 1 aliphatic rings. The van der Waals surface area contributed by atoms with E-state index >= 15 is 0 Å². The highest BCUT2D eigenvalue weighted by atomic mass is 15.1. The molecule has 1 saturated heterocycles. The zero-order valence-electron chi connectivity index (χ0n) is 11.2. The molecule has 0 amide bonds. The Morgan fingerprint density at radius 1 is 1.29 bits per heavy atom. The Balaban J connectivity index is 2.27. The van der Waals surface area contributed by atoms with Gasteiger partial charge in [-0.2, -0.15) is 0 Å². The maximum Gasteiger partial charge on any atom is 0.0414 e. The number of anilines is 1. The van der Waals surface area contributed by atoms with Crippen molar-refractivity contribution in [2.45, 2.75) is 39.7 Å². The molecule has 0 radical (unpaired) electrons. The number of hydrogen-bond donors (Lipinski definition) is 1. The average Bonchev–Trinajstić information content (AvgIpc) is 2.27. The summed E-state index contributed by atoms with van der Waals surface area (Å²) in [5.41, 5.74) is 9.08. The van der Waals surface area contributed by atoms with E-state index in [1.54, 1.807) is 0 Å². The molecule has 2 rings (SSSR count). The van der Waals surface area contributed by atoms with E-state index in [0.717, 1.165) is 13.1 Å². The smallest absolute Gasteiger partial charge is 0.0414 e. The average molecular weight is 232 g/mol. The molecule has 17 heavy (non-hydrogen) atoms. The van der Waals surface area contributed by atoms with Gasteiger partial charge in [0.25, 0.3) is 0 Å². The summed E-state index contributed by atoms with van der Waals surface area (Å²) in [7, 11) is 0. The Morgan fingerprint density at radius 3 is 2.65 bits per heavy atom. The van der Waals surface area contributed by atoms with E-state index in [1.807, 2.05) is 0 Å². The van der Waals surface area contributed by atoms with Gasteiger partial charge in [0.15, 0.2) is 0 Å². The standard InChI is InChI=1S/C15H24N2/c1-12(16)13-7-4-5-8-14(13)17-10-6-9-15(2,3)11-17/h4-5,7-8,12H,6,9-11,16H2,1-3H3/t12-/m0/s1. The molecule has 0 bridgehead atoms. The zero-order chi connectivity index (χ0) is 12.5. The predicted octanol–water partition coefficient (Wildman–Crippen LogP) is 3.33. The van der Waals surface area contributed by atoms with Crippen LogP contribution in [0.25, 0.3) is 0 Å². The van der Waals surface area contributed by atoms with E-state index in [2.05, 4.69) is 49.9 Å². The molecule has 2 nitrogen and oxygen atoms in total. The van der Waals surface area contributed by atoms with Gasteiger partial charge in [-0.15, -0.1) is 0 Å². The number of benzene rings is 1. The number of piperidine rings is 1. The molecule has 0 aliphatic carbocycles. The maximum absolute atomic E-state index is 6.06. The number of hydrogen-bond acceptors (Lipinski definition) is 2. The molecule has 1 fully saturated rings. The largest absolute Gasteiger partial charge is 0.371 e. The van der Waals surface area contributed by atoms with Crippen LogP contribution in [0.15, 0.2) is 24.3 Å². The van der Waals surface area contributed by atoms with Crippen molar-refractivity contribution in [1.82, 2.24) is 0 Å². The highest BCUT2D eigenvalue weighted by Gasteiger charge is 2.27. The molecule has 0 spiro atoms. The summed E-state index contributed by atoms with van der Waals surface area (Å²) < 4.78 is 0. The summed E-state index contributed by atoms with van der Waals surface area (Å²) in [4.78, 5) is 2.50. The van der Waals surface area contributed by atoms with Gasteiger partial charge in [0.2, 0.25) is 0 Å². The van der Waals surface area contributed by atoms with Crippen LogP contribution in [0, 0.1) is 5.41 Å². The van der Waals surface area contributed by atoms with Crippen LogP contribution >= 0.6 is 0 Å². The molecular formula is C15H24N2. The van der Waals surface area contributed by atoms with Crippen molar-refractivity contribution < 1.29 is 0 Å². The first-order valence-electron chi connectivity index (χ1n) is 6.59. The molecule has 0 saturated carbocycles. The van der Waals surface area contributed by atoms with Crippen LogP contribution in [0.1, 0.15) is 45.2 Å². The van der Waals surface area contributed by atoms with E-state index in [9.17, 15) is 0 Å². The van der Waals surface area contributed by atoms with Gasteiger partial charge in [-0.25, -0.2) is 0 Å². The Labute approximate surface area is 105 Å². The quantitative estimate of drug-likeness (QED) is 0.847. The molecule has 1 aromatic carbocycles. The van der Waals surface area contributed by atoms with Gasteiger partial charge in [0.05, 0.1) is 0 Å². The predicted molar refractivity (Wildman–Crippen MR) is 74.3 cm³/mol. The summed E-state index contributed by atoms with van der Waals surface area (Å²) in [6.45, 7) is 9.07. The van der Waals surface area contributed by atoms with Crippen molar-refractivity contribution in [2.75, 3.05) is 18.0 Å². The first-order chi connectivity index (χ1) is 7.99. The molecule has 0 unspecified atom stereocenters. The molecular weight excluding hydrogens is 208 g/mol. The molecule has 1 atom stereocenters. The van der Waals surface area contributed by atoms with Crippen LogP contribution in [0.2, 0.25) is 0 Å². The van der Waals surface area contributed by atoms with E-state index in [0.29, 0.717) is 5.41 Å². The van der Waals surface area contributed by atoms with E-state index in [1.165, 1.54) is 24.1 Å². The lowest BCUT2D eigenvalue weighted by Crippen LogP contribution is -2.40. The van der Waals surface area contributed by atoms with Gasteiger partial charge in [-0.05, 0) is 36.8 Å². The number of para-hydroxylation sites is 1. The van der Waals surface area contributed by atoms with Crippen LogP contribution in [0.4, 0.5) is 5.69 Å². The Bertz CT molecular complexity index is 382. The van der Waals surface area contributed by atoms with Gasteiger partial charge in [-0.1, -0.05) is 32.0 Å². The van der Waals surface area contributed by atoms with Crippen molar-refractivity contribution in [1.29, 1.82) is 0 Å². The minimum absolute atomic E-state index is 0.108. The van der Waals surface area contributed by atoms with Crippen LogP contribution in [-0.4, -0.2) is 13.1 Å². The second-order valence-electron chi connectivity index (χ2n) is 6.04. The van der Waals surface area contributed by atoms with Gasteiger partial charge in [0, 0.05) is 24.8 Å². The van der Waals surface area contributed by atoms with Crippen LogP contribution < -0.4 is 10.6 Å². The highest BCUT2D eigenvalue weighted by Crippen LogP contribution is 2.34. The molecule has 1 aromatic rings. The molecule has 2 N–H and O–H groups in total. The molecule has 0 aromatic heterocycles. The maximum atomic E-state index is 6.06. The lowest BCUT2D eigenvalue weighted by molar-refractivity contribution is 0.292. The zero-order valence-corrected chi connectivity index (χ0v) is 11.2. The minimum atomic E-state index is 0.108. The first kappa shape index (κ1) is 12.4. The summed E-state index contributed by atoms with van der Waals surface area (Å²) in [6.07, 6.45) is 2.60. The third-order valence-corrected chi connectivity index (χ3v) is 3.67. The summed E-state index contributed by atoms with van der Waals surface area (Å²) in [5, 5.41) is 0. The van der Waals surface area contributed by atoms with Crippen LogP contribution in [0.3, 0.4) is 0 Å². The van der Waals surface area contributed by atoms with Crippen molar-refractivity contribution in [2.24, 2.45) is 11.1 Å². The van der Waals surface area contributed by atoms with Crippen molar-refractivity contribution in [3.63, 3.8) is 0 Å².